The molecule has 0 fully saturated rings. The summed E-state index contributed by atoms with van der Waals surface area (Å²) in [4.78, 5) is 4.78. The molecule has 1 N–H and O–H groups in total. The van der Waals surface area contributed by atoms with E-state index in [9.17, 15) is 5.11 Å². The molecular formula is C20H20Cl2N2O. The number of imidazole rings is 1. The summed E-state index contributed by atoms with van der Waals surface area (Å²) in [5.74, 6) is 1.36. The van der Waals surface area contributed by atoms with E-state index in [0.29, 0.717) is 15.8 Å². The fourth-order valence-corrected chi connectivity index (χ4v) is 3.37. The molecular weight excluding hydrogens is 355 g/mol. The van der Waals surface area contributed by atoms with E-state index in [-0.39, 0.29) is 0 Å². The average Bonchev–Trinajstić information content (AvgIpc) is 2.99. The second-order valence-corrected chi connectivity index (χ2v) is 6.82. The minimum absolute atomic E-state index is 0.301. The zero-order valence-electron chi connectivity index (χ0n) is 14.0. The number of phenolic OH excluding ortho intramolecular Hbond substituents is 1. The minimum atomic E-state index is 0.301. The van der Waals surface area contributed by atoms with Crippen LogP contribution in [0.15, 0.2) is 48.7 Å². The lowest BCUT2D eigenvalue weighted by molar-refractivity contribution is 0.475. The first-order chi connectivity index (χ1) is 12.1. The van der Waals surface area contributed by atoms with Gasteiger partial charge in [0.05, 0.1) is 10.7 Å². The van der Waals surface area contributed by atoms with Gasteiger partial charge in [0.2, 0.25) is 0 Å². The molecule has 0 aliphatic rings. The number of nitrogens with zero attached hydrogens (tertiary/aromatic N) is 2. The fourth-order valence-electron chi connectivity index (χ4n) is 2.87. The van der Waals surface area contributed by atoms with Gasteiger partial charge in [-0.05, 0) is 55.7 Å². The Morgan fingerprint density at radius 3 is 2.48 bits per heavy atom. The van der Waals surface area contributed by atoms with Gasteiger partial charge in [-0.3, -0.25) is 0 Å². The van der Waals surface area contributed by atoms with Crippen molar-refractivity contribution >= 4 is 23.2 Å². The van der Waals surface area contributed by atoms with Crippen molar-refractivity contribution in [1.29, 1.82) is 0 Å². The Morgan fingerprint density at radius 2 is 1.80 bits per heavy atom. The van der Waals surface area contributed by atoms with Crippen molar-refractivity contribution in [2.24, 2.45) is 0 Å². The van der Waals surface area contributed by atoms with E-state index in [1.165, 1.54) is 5.56 Å². The van der Waals surface area contributed by atoms with Crippen molar-refractivity contribution in [2.45, 2.75) is 32.7 Å². The van der Waals surface area contributed by atoms with Crippen LogP contribution in [-0.2, 0) is 19.4 Å². The monoisotopic (exact) mass is 374 g/mol. The zero-order valence-corrected chi connectivity index (χ0v) is 15.6. The van der Waals surface area contributed by atoms with Crippen molar-refractivity contribution in [2.75, 3.05) is 0 Å². The number of halogens is 2. The van der Waals surface area contributed by atoms with Crippen molar-refractivity contribution in [3.8, 4) is 17.0 Å². The predicted molar refractivity (Wildman–Crippen MR) is 103 cm³/mol. The maximum Gasteiger partial charge on any atom is 0.115 e. The Morgan fingerprint density at radius 1 is 1.04 bits per heavy atom. The molecule has 0 spiro atoms. The summed E-state index contributed by atoms with van der Waals surface area (Å²) in [6.45, 7) is 2.98. The molecule has 2 aromatic carbocycles. The first kappa shape index (κ1) is 17.8. The van der Waals surface area contributed by atoms with Crippen LogP contribution in [0.1, 0.15) is 24.7 Å². The summed E-state index contributed by atoms with van der Waals surface area (Å²) in [7, 11) is 0. The van der Waals surface area contributed by atoms with Crippen LogP contribution in [0.4, 0.5) is 0 Å². The van der Waals surface area contributed by atoms with Crippen LogP contribution in [0.3, 0.4) is 0 Å². The summed E-state index contributed by atoms with van der Waals surface area (Å²) in [6.07, 6.45) is 4.88. The molecule has 0 aliphatic heterocycles. The Bertz CT molecular complexity index is 857. The van der Waals surface area contributed by atoms with E-state index in [4.69, 9.17) is 28.2 Å². The summed E-state index contributed by atoms with van der Waals surface area (Å²) in [6, 6.07) is 12.9. The highest BCUT2D eigenvalue weighted by atomic mass is 35.5. The van der Waals surface area contributed by atoms with E-state index in [1.54, 1.807) is 18.2 Å². The third kappa shape index (κ3) is 4.36. The number of aromatic hydroxyl groups is 1. The number of hydrogen-bond donors (Lipinski definition) is 1. The molecule has 0 radical (unpaired) electrons. The summed E-state index contributed by atoms with van der Waals surface area (Å²) < 4.78 is 2.16. The molecule has 3 nitrogen and oxygen atoms in total. The fraction of sp³-hybridized carbons (Fsp3) is 0.250. The average molecular weight is 375 g/mol. The molecule has 0 saturated carbocycles. The Hall–Kier alpha value is -1.97. The summed E-state index contributed by atoms with van der Waals surface area (Å²) in [5.41, 5.74) is 2.99. The lowest BCUT2D eigenvalue weighted by Gasteiger charge is -2.04. The van der Waals surface area contributed by atoms with Gasteiger partial charge in [0.1, 0.15) is 11.6 Å². The molecule has 5 heteroatoms. The van der Waals surface area contributed by atoms with E-state index in [0.717, 1.165) is 42.9 Å². The first-order valence-corrected chi connectivity index (χ1v) is 9.12. The number of hydrogen-bond acceptors (Lipinski definition) is 2. The summed E-state index contributed by atoms with van der Waals surface area (Å²) in [5, 5.41) is 10.6. The number of aryl methyl sites for hydroxylation is 3. The quantitative estimate of drug-likeness (QED) is 0.595. The maximum atomic E-state index is 9.35. The van der Waals surface area contributed by atoms with Gasteiger partial charge in [-0.2, -0.15) is 0 Å². The van der Waals surface area contributed by atoms with Gasteiger partial charge in [-0.25, -0.2) is 4.98 Å². The van der Waals surface area contributed by atoms with Crippen LogP contribution in [0.25, 0.3) is 11.3 Å². The van der Waals surface area contributed by atoms with Crippen molar-refractivity contribution in [1.82, 2.24) is 9.55 Å². The Labute approximate surface area is 157 Å². The second-order valence-electron chi connectivity index (χ2n) is 5.97. The molecule has 0 amide bonds. The number of rotatable bonds is 6. The molecule has 3 rings (SSSR count). The van der Waals surface area contributed by atoms with E-state index in [1.807, 2.05) is 30.5 Å². The minimum Gasteiger partial charge on any atom is -0.508 e. The largest absolute Gasteiger partial charge is 0.508 e. The van der Waals surface area contributed by atoms with Gasteiger partial charge in [0, 0.05) is 29.7 Å². The smallest absolute Gasteiger partial charge is 0.115 e. The van der Waals surface area contributed by atoms with Crippen molar-refractivity contribution < 1.29 is 5.11 Å². The van der Waals surface area contributed by atoms with Gasteiger partial charge in [0.25, 0.3) is 0 Å². The standard InChI is InChI=1S/C20H20Cl2N2O/c1-2-24-13-19(17-11-8-15(21)12-18(17)22)23-20(24)5-3-4-14-6-9-16(25)10-7-14/h6-13,25H,2-5H2,1H3. The van der Waals surface area contributed by atoms with Gasteiger partial charge in [-0.15, -0.1) is 0 Å². The molecule has 130 valence electrons. The molecule has 0 bridgehead atoms. The highest BCUT2D eigenvalue weighted by molar-refractivity contribution is 6.36. The van der Waals surface area contributed by atoms with Crippen LogP contribution in [0, 0.1) is 0 Å². The van der Waals surface area contributed by atoms with Gasteiger partial charge < -0.3 is 9.67 Å². The molecule has 1 aromatic heterocycles. The van der Waals surface area contributed by atoms with E-state index in [2.05, 4.69) is 11.5 Å². The molecule has 1 heterocycles. The van der Waals surface area contributed by atoms with Gasteiger partial charge in [0.15, 0.2) is 0 Å². The molecule has 25 heavy (non-hydrogen) atoms. The highest BCUT2D eigenvalue weighted by Crippen LogP contribution is 2.30. The normalized spacial score (nSPS) is 11.0. The first-order valence-electron chi connectivity index (χ1n) is 8.36. The van der Waals surface area contributed by atoms with Crippen molar-refractivity contribution in [3.63, 3.8) is 0 Å². The van der Waals surface area contributed by atoms with Crippen LogP contribution >= 0.6 is 23.2 Å². The SMILES string of the molecule is CCn1cc(-c2ccc(Cl)cc2Cl)nc1CCCc1ccc(O)cc1. The molecule has 0 unspecified atom stereocenters. The number of phenols is 1. The molecule has 0 saturated heterocycles. The topological polar surface area (TPSA) is 38.0 Å². The van der Waals surface area contributed by atoms with Crippen LogP contribution in [0.2, 0.25) is 10.0 Å². The van der Waals surface area contributed by atoms with Crippen LogP contribution in [0.5, 0.6) is 5.75 Å². The summed E-state index contributed by atoms with van der Waals surface area (Å²) >= 11 is 12.3. The van der Waals surface area contributed by atoms with E-state index >= 15 is 0 Å². The Kier molecular flexibility index (Phi) is 5.67. The molecule has 3 aromatic rings. The zero-order chi connectivity index (χ0) is 17.8. The van der Waals surface area contributed by atoms with Crippen LogP contribution in [-0.4, -0.2) is 14.7 Å². The maximum absolute atomic E-state index is 9.35. The third-order valence-electron chi connectivity index (χ3n) is 4.21. The van der Waals surface area contributed by atoms with E-state index < -0.39 is 0 Å². The van der Waals surface area contributed by atoms with Crippen LogP contribution < -0.4 is 0 Å². The van der Waals surface area contributed by atoms with Gasteiger partial charge >= 0.3 is 0 Å². The lowest BCUT2D eigenvalue weighted by atomic mass is 10.1. The van der Waals surface area contributed by atoms with Gasteiger partial charge in [-0.1, -0.05) is 35.3 Å². The second kappa shape index (κ2) is 7.94. The molecule has 0 aliphatic carbocycles. The van der Waals surface area contributed by atoms with Crippen molar-refractivity contribution in [3.05, 3.63) is 70.1 Å². The predicted octanol–water partition coefficient (Wildman–Crippen LogP) is 5.76. The number of aromatic nitrogens is 2. The lowest BCUT2D eigenvalue weighted by Crippen LogP contribution is -2.01. The third-order valence-corrected chi connectivity index (χ3v) is 4.76. The number of benzene rings is 2. The Balaban J connectivity index is 1.73. The molecule has 0 atom stereocenters. The highest BCUT2D eigenvalue weighted by Gasteiger charge is 2.12.